The molecule has 1 aliphatic rings. The van der Waals surface area contributed by atoms with Gasteiger partial charge in [0.1, 0.15) is 0 Å². The Bertz CT molecular complexity index is 748. The lowest BCUT2D eigenvalue weighted by Gasteiger charge is -2.23. The van der Waals surface area contributed by atoms with Crippen LogP contribution >= 0.6 is 0 Å². The first-order chi connectivity index (χ1) is 11.7. The first-order valence-corrected chi connectivity index (χ1v) is 9.87. The number of carbonyl (C=O) groups excluding carboxylic acids is 2. The van der Waals surface area contributed by atoms with Crippen molar-refractivity contribution >= 4 is 21.7 Å². The van der Waals surface area contributed by atoms with Crippen LogP contribution in [-0.4, -0.2) is 86.8 Å². The standard InChI is InChI=1S/C16H24N4O4S/c1-19(2)6-5-18-15(21)12-8-13(10-17-9-12)16(22)20(3)14-4-7-25(23,24)11-14/h8-10,14H,4-7,11H2,1-3H3,(H,18,21). The summed E-state index contributed by atoms with van der Waals surface area (Å²) in [5.74, 6) is -0.553. The van der Waals surface area contributed by atoms with Crippen LogP contribution in [-0.2, 0) is 9.84 Å². The number of nitrogens with one attached hydrogen (secondary N) is 1. The summed E-state index contributed by atoms with van der Waals surface area (Å²) < 4.78 is 23.2. The highest BCUT2D eigenvalue weighted by Gasteiger charge is 2.33. The number of sulfone groups is 1. The van der Waals surface area contributed by atoms with Crippen molar-refractivity contribution in [1.82, 2.24) is 20.1 Å². The molecular weight excluding hydrogens is 344 g/mol. The number of pyridine rings is 1. The average molecular weight is 368 g/mol. The van der Waals surface area contributed by atoms with E-state index in [0.29, 0.717) is 25.1 Å². The average Bonchev–Trinajstić information content (AvgIpc) is 2.93. The maximum atomic E-state index is 12.6. The minimum absolute atomic E-state index is 0.0205. The quantitative estimate of drug-likeness (QED) is 0.736. The predicted octanol–water partition coefficient (Wildman–Crippen LogP) is -0.368. The van der Waals surface area contributed by atoms with E-state index in [1.807, 2.05) is 19.0 Å². The lowest BCUT2D eigenvalue weighted by atomic mass is 10.1. The number of aromatic nitrogens is 1. The summed E-state index contributed by atoms with van der Waals surface area (Å²) in [6.45, 7) is 1.19. The van der Waals surface area contributed by atoms with Gasteiger partial charge in [0.05, 0.1) is 22.6 Å². The molecule has 0 aromatic carbocycles. The molecule has 2 amide bonds. The van der Waals surface area contributed by atoms with Gasteiger partial charge in [-0.3, -0.25) is 14.6 Å². The molecule has 9 heteroatoms. The molecule has 1 fully saturated rings. The smallest absolute Gasteiger partial charge is 0.255 e. The van der Waals surface area contributed by atoms with Crippen LogP contribution in [0.2, 0.25) is 0 Å². The highest BCUT2D eigenvalue weighted by atomic mass is 32.2. The van der Waals surface area contributed by atoms with E-state index < -0.39 is 9.84 Å². The highest BCUT2D eigenvalue weighted by molar-refractivity contribution is 7.91. The van der Waals surface area contributed by atoms with Crippen LogP contribution < -0.4 is 5.32 Å². The normalized spacial score (nSPS) is 19.0. The molecule has 1 aromatic heterocycles. The Kier molecular flexibility index (Phi) is 6.12. The molecule has 0 bridgehead atoms. The summed E-state index contributed by atoms with van der Waals surface area (Å²) in [7, 11) is 2.33. The van der Waals surface area contributed by atoms with E-state index >= 15 is 0 Å². The summed E-state index contributed by atoms with van der Waals surface area (Å²) in [5.41, 5.74) is 0.573. The van der Waals surface area contributed by atoms with E-state index in [1.165, 1.54) is 23.4 Å². The third kappa shape index (κ3) is 5.23. The number of amides is 2. The number of carbonyl (C=O) groups is 2. The summed E-state index contributed by atoms with van der Waals surface area (Å²) in [4.78, 5) is 32.1. The molecule has 138 valence electrons. The second kappa shape index (κ2) is 7.92. The van der Waals surface area contributed by atoms with E-state index in [4.69, 9.17) is 0 Å². The summed E-state index contributed by atoms with van der Waals surface area (Å²) in [5, 5.41) is 2.77. The Morgan fingerprint density at radius 1 is 1.24 bits per heavy atom. The van der Waals surface area contributed by atoms with Gasteiger partial charge in [-0.25, -0.2) is 8.42 Å². The Labute approximate surface area is 148 Å². The number of hydrogen-bond donors (Lipinski definition) is 1. The number of rotatable bonds is 6. The Morgan fingerprint density at radius 3 is 2.52 bits per heavy atom. The molecule has 25 heavy (non-hydrogen) atoms. The first-order valence-electron chi connectivity index (χ1n) is 8.05. The minimum atomic E-state index is -3.07. The predicted molar refractivity (Wildman–Crippen MR) is 94.3 cm³/mol. The van der Waals surface area contributed by atoms with Crippen molar-refractivity contribution < 1.29 is 18.0 Å². The zero-order valence-corrected chi connectivity index (χ0v) is 15.5. The van der Waals surface area contributed by atoms with E-state index in [-0.39, 0.29) is 34.9 Å². The van der Waals surface area contributed by atoms with Gasteiger partial charge < -0.3 is 15.1 Å². The van der Waals surface area contributed by atoms with E-state index in [0.717, 1.165) is 0 Å². The third-order valence-electron chi connectivity index (χ3n) is 4.17. The molecule has 1 saturated heterocycles. The summed E-state index contributed by atoms with van der Waals surface area (Å²) in [6.07, 6.45) is 3.23. The number of nitrogens with zero attached hydrogens (tertiary/aromatic N) is 3. The Morgan fingerprint density at radius 2 is 1.92 bits per heavy atom. The van der Waals surface area contributed by atoms with Crippen molar-refractivity contribution in [2.24, 2.45) is 0 Å². The molecule has 0 radical (unpaired) electrons. The monoisotopic (exact) mass is 368 g/mol. The van der Waals surface area contributed by atoms with Crippen molar-refractivity contribution in [2.45, 2.75) is 12.5 Å². The maximum absolute atomic E-state index is 12.6. The summed E-state index contributed by atoms with van der Waals surface area (Å²) >= 11 is 0. The topological polar surface area (TPSA) is 99.7 Å². The molecule has 2 rings (SSSR count). The molecule has 1 aliphatic heterocycles. The molecule has 8 nitrogen and oxygen atoms in total. The largest absolute Gasteiger partial charge is 0.351 e. The van der Waals surface area contributed by atoms with Crippen molar-refractivity contribution in [3.63, 3.8) is 0 Å². The fraction of sp³-hybridized carbons (Fsp3) is 0.562. The number of hydrogen-bond acceptors (Lipinski definition) is 6. The SMILES string of the molecule is CN(C)CCNC(=O)c1cncc(C(=O)N(C)C2CCS(=O)(=O)C2)c1. The summed E-state index contributed by atoms with van der Waals surface area (Å²) in [6, 6.07) is 1.15. The van der Waals surface area contributed by atoms with E-state index in [1.54, 1.807) is 7.05 Å². The van der Waals surface area contributed by atoms with Crippen LogP contribution in [0, 0.1) is 0 Å². The minimum Gasteiger partial charge on any atom is -0.351 e. The second-order valence-corrected chi connectivity index (χ2v) is 8.72. The van der Waals surface area contributed by atoms with Gasteiger partial charge >= 0.3 is 0 Å². The molecule has 1 aromatic rings. The molecule has 1 unspecified atom stereocenters. The van der Waals surface area contributed by atoms with Gasteiger partial charge in [0.15, 0.2) is 9.84 Å². The molecule has 0 aliphatic carbocycles. The first kappa shape index (κ1) is 19.3. The van der Waals surface area contributed by atoms with Crippen molar-refractivity contribution in [1.29, 1.82) is 0 Å². The van der Waals surface area contributed by atoms with Crippen molar-refractivity contribution in [2.75, 3.05) is 45.7 Å². The van der Waals surface area contributed by atoms with Crippen LogP contribution in [0.4, 0.5) is 0 Å². The fourth-order valence-corrected chi connectivity index (χ4v) is 4.40. The Balaban J connectivity index is 2.04. The molecule has 0 spiro atoms. The van der Waals surface area contributed by atoms with E-state index in [2.05, 4.69) is 10.3 Å². The van der Waals surface area contributed by atoms with Gasteiger partial charge in [-0.05, 0) is 26.6 Å². The van der Waals surface area contributed by atoms with E-state index in [9.17, 15) is 18.0 Å². The van der Waals surface area contributed by atoms with Crippen LogP contribution in [0.1, 0.15) is 27.1 Å². The maximum Gasteiger partial charge on any atom is 0.255 e. The van der Waals surface area contributed by atoms with Gasteiger partial charge in [-0.2, -0.15) is 0 Å². The van der Waals surface area contributed by atoms with Crippen molar-refractivity contribution in [3.8, 4) is 0 Å². The number of likely N-dealkylation sites (N-methyl/N-ethyl adjacent to an activating group) is 1. The van der Waals surface area contributed by atoms with Crippen LogP contribution in [0.15, 0.2) is 18.5 Å². The highest BCUT2D eigenvalue weighted by Crippen LogP contribution is 2.18. The molecule has 1 atom stereocenters. The molecule has 0 saturated carbocycles. The van der Waals surface area contributed by atoms with Crippen LogP contribution in [0.25, 0.3) is 0 Å². The second-order valence-electron chi connectivity index (χ2n) is 6.49. The fourth-order valence-electron chi connectivity index (χ4n) is 2.63. The molecule has 1 N–H and O–H groups in total. The van der Waals surface area contributed by atoms with Gasteiger partial charge in [-0.15, -0.1) is 0 Å². The molecular formula is C16H24N4O4S. The van der Waals surface area contributed by atoms with Gasteiger partial charge in [-0.1, -0.05) is 0 Å². The zero-order valence-electron chi connectivity index (χ0n) is 14.7. The van der Waals surface area contributed by atoms with Gasteiger partial charge in [0, 0.05) is 38.6 Å². The lowest BCUT2D eigenvalue weighted by molar-refractivity contribution is 0.0747. The van der Waals surface area contributed by atoms with Crippen molar-refractivity contribution in [3.05, 3.63) is 29.6 Å². The Hall–Kier alpha value is -2.00. The molecule has 2 heterocycles. The van der Waals surface area contributed by atoms with Gasteiger partial charge in [0.2, 0.25) is 0 Å². The zero-order chi connectivity index (χ0) is 18.6. The third-order valence-corrected chi connectivity index (χ3v) is 5.92. The van der Waals surface area contributed by atoms with Gasteiger partial charge in [0.25, 0.3) is 11.8 Å². The lowest BCUT2D eigenvalue weighted by Crippen LogP contribution is -2.38. The van der Waals surface area contributed by atoms with Crippen LogP contribution in [0.3, 0.4) is 0 Å². The van der Waals surface area contributed by atoms with Crippen LogP contribution in [0.5, 0.6) is 0 Å².